The highest BCUT2D eigenvalue weighted by Gasteiger charge is 2.51. The number of carbonyl (C=O) groups excluding carboxylic acids is 1. The number of Topliss-reactive ketones (excluding diaryl/α,β-unsaturated/α-hetero) is 1. The molecule has 32 heavy (non-hydrogen) atoms. The molecule has 13 atom stereocenters. The van der Waals surface area contributed by atoms with E-state index in [1.165, 1.54) is 0 Å². The van der Waals surface area contributed by atoms with Crippen LogP contribution < -0.4 is 0 Å². The van der Waals surface area contributed by atoms with Crippen molar-refractivity contribution in [1.29, 1.82) is 0 Å². The van der Waals surface area contributed by atoms with Crippen LogP contribution in [0.4, 0.5) is 0 Å². The lowest BCUT2D eigenvalue weighted by Gasteiger charge is -2.48. The van der Waals surface area contributed by atoms with Crippen molar-refractivity contribution in [1.82, 2.24) is 0 Å². The predicted octanol–water partition coefficient (Wildman–Crippen LogP) is -2.81. The second kappa shape index (κ2) is 9.87. The fourth-order valence-electron chi connectivity index (χ4n) is 5.53. The maximum Gasteiger partial charge on any atom is 0.187 e. The summed E-state index contributed by atoms with van der Waals surface area (Å²) in [5.41, 5.74) is 0. The predicted molar refractivity (Wildman–Crippen MR) is 105 cm³/mol. The van der Waals surface area contributed by atoms with Gasteiger partial charge in [0.05, 0.1) is 37.1 Å². The molecule has 0 amide bonds. The highest BCUT2D eigenvalue weighted by molar-refractivity contribution is 5.83. The molecule has 0 aromatic heterocycles. The molecule has 0 radical (unpaired) electrons. The monoisotopic (exact) mass is 462 g/mol. The van der Waals surface area contributed by atoms with Gasteiger partial charge in [-0.15, -0.1) is 0 Å². The van der Waals surface area contributed by atoms with Gasteiger partial charge in [0.25, 0.3) is 0 Å². The molecule has 0 aromatic carbocycles. The van der Waals surface area contributed by atoms with Gasteiger partial charge in [-0.3, -0.25) is 4.79 Å². The molecule has 0 spiro atoms. The molecule has 2 saturated carbocycles. The number of carbonyl (C=O) groups is 1. The van der Waals surface area contributed by atoms with Crippen molar-refractivity contribution in [2.24, 2.45) is 11.8 Å². The van der Waals surface area contributed by atoms with Gasteiger partial charge >= 0.3 is 0 Å². The Morgan fingerprint density at radius 2 is 1.59 bits per heavy atom. The minimum Gasteiger partial charge on any atom is -0.394 e. The zero-order valence-corrected chi connectivity index (χ0v) is 17.7. The molecule has 2 heterocycles. The summed E-state index contributed by atoms with van der Waals surface area (Å²) in [4.78, 5) is 12.8. The van der Waals surface area contributed by atoms with Gasteiger partial charge in [-0.2, -0.15) is 0 Å². The normalized spacial score (nSPS) is 52.5. The van der Waals surface area contributed by atoms with Gasteiger partial charge in [0.1, 0.15) is 36.3 Å². The van der Waals surface area contributed by atoms with Crippen molar-refractivity contribution >= 4 is 5.78 Å². The number of hydrogen-bond donors (Lipinski definition) is 7. The molecule has 4 rings (SSSR count). The van der Waals surface area contributed by atoms with Crippen molar-refractivity contribution in [3.05, 3.63) is 0 Å². The van der Waals surface area contributed by atoms with Crippen molar-refractivity contribution in [2.75, 3.05) is 6.61 Å². The number of aliphatic hydroxyl groups is 7. The van der Waals surface area contributed by atoms with Crippen molar-refractivity contribution in [3.63, 3.8) is 0 Å². The van der Waals surface area contributed by atoms with E-state index < -0.39 is 79.9 Å². The molecule has 11 heteroatoms. The second-order valence-electron chi connectivity index (χ2n) is 9.56. The maximum atomic E-state index is 12.8. The molecule has 4 aliphatic rings. The van der Waals surface area contributed by atoms with Crippen LogP contribution in [0.25, 0.3) is 0 Å². The molecule has 11 unspecified atom stereocenters. The minimum absolute atomic E-state index is 0.0165. The molecule has 0 bridgehead atoms. The summed E-state index contributed by atoms with van der Waals surface area (Å²) in [5, 5.41) is 70.2. The molecule has 184 valence electrons. The summed E-state index contributed by atoms with van der Waals surface area (Å²) in [5.74, 6) is -0.621. The third-order valence-corrected chi connectivity index (χ3v) is 7.53. The quantitative estimate of drug-likeness (QED) is 0.229. The standard InChI is InChI=1S/C21H34O11/c22-7-15-16(26)18(28)19(29)21(32-15)31-13-4-2-9-11(24)6-14(30-20(9)17(13)27)8-1-3-10(23)12(25)5-8/h8-10,12-23,25-29H,1-7H2/t8?,9?,10?,12?,13?,14?,15?,16-,17?,18?,19?,20?,21-/m1/s1. The first kappa shape index (κ1) is 24.4. The highest BCUT2D eigenvalue weighted by atomic mass is 16.7. The lowest BCUT2D eigenvalue weighted by atomic mass is 9.73. The average molecular weight is 462 g/mol. The van der Waals surface area contributed by atoms with E-state index in [-0.39, 0.29) is 18.1 Å². The van der Waals surface area contributed by atoms with E-state index >= 15 is 0 Å². The van der Waals surface area contributed by atoms with E-state index in [0.29, 0.717) is 32.1 Å². The number of aliphatic hydroxyl groups excluding tert-OH is 7. The van der Waals surface area contributed by atoms with E-state index in [9.17, 15) is 40.5 Å². The van der Waals surface area contributed by atoms with Crippen LogP contribution in [0.3, 0.4) is 0 Å². The molecular formula is C21H34O11. The molecular weight excluding hydrogens is 428 g/mol. The summed E-state index contributed by atoms with van der Waals surface area (Å²) in [7, 11) is 0. The Labute approximate surface area is 185 Å². The third kappa shape index (κ3) is 4.61. The number of hydrogen-bond acceptors (Lipinski definition) is 11. The molecule has 2 aliphatic carbocycles. The first-order valence-electron chi connectivity index (χ1n) is 11.4. The minimum atomic E-state index is -1.59. The van der Waals surface area contributed by atoms with Crippen LogP contribution in [0.2, 0.25) is 0 Å². The average Bonchev–Trinajstić information content (AvgIpc) is 2.77. The SMILES string of the molecule is O=C1CC(C2CCC(O)C(O)C2)OC2C1CCC(O[C@@H]1OC(CO)[C@@H](O)C(O)C1O)C2O. The van der Waals surface area contributed by atoms with Gasteiger partial charge in [-0.05, 0) is 38.0 Å². The third-order valence-electron chi connectivity index (χ3n) is 7.53. The van der Waals surface area contributed by atoms with E-state index in [1.807, 2.05) is 0 Å². The Kier molecular flexibility index (Phi) is 7.52. The van der Waals surface area contributed by atoms with Crippen LogP contribution in [-0.2, 0) is 19.0 Å². The van der Waals surface area contributed by atoms with E-state index in [2.05, 4.69) is 0 Å². The Hall–Kier alpha value is -0.730. The van der Waals surface area contributed by atoms with Crippen molar-refractivity contribution in [3.8, 4) is 0 Å². The molecule has 0 aromatic rings. The van der Waals surface area contributed by atoms with Gasteiger partial charge in [0.15, 0.2) is 6.29 Å². The van der Waals surface area contributed by atoms with Gasteiger partial charge in [-0.25, -0.2) is 0 Å². The summed E-state index contributed by atoms with van der Waals surface area (Å²) < 4.78 is 17.3. The zero-order valence-electron chi connectivity index (χ0n) is 17.7. The van der Waals surface area contributed by atoms with E-state index in [1.54, 1.807) is 0 Å². The van der Waals surface area contributed by atoms with Gasteiger partial charge in [0, 0.05) is 12.3 Å². The number of rotatable bonds is 4. The van der Waals surface area contributed by atoms with Gasteiger partial charge in [0.2, 0.25) is 0 Å². The molecule has 4 fully saturated rings. The lowest BCUT2D eigenvalue weighted by Crippen LogP contribution is -2.62. The van der Waals surface area contributed by atoms with Crippen LogP contribution >= 0.6 is 0 Å². The van der Waals surface area contributed by atoms with Crippen LogP contribution in [0, 0.1) is 11.8 Å². The van der Waals surface area contributed by atoms with Crippen LogP contribution in [0.1, 0.15) is 38.5 Å². The van der Waals surface area contributed by atoms with Crippen LogP contribution in [-0.4, -0.2) is 115 Å². The van der Waals surface area contributed by atoms with E-state index in [4.69, 9.17) is 14.2 Å². The van der Waals surface area contributed by atoms with Crippen molar-refractivity contribution in [2.45, 2.75) is 106 Å². The first-order valence-corrected chi connectivity index (χ1v) is 11.4. The first-order chi connectivity index (χ1) is 15.2. The topological polar surface area (TPSA) is 186 Å². The molecule has 7 N–H and O–H groups in total. The Morgan fingerprint density at radius 3 is 2.28 bits per heavy atom. The fourth-order valence-corrected chi connectivity index (χ4v) is 5.53. The van der Waals surface area contributed by atoms with E-state index in [0.717, 1.165) is 0 Å². The molecule has 11 nitrogen and oxygen atoms in total. The Balaban J connectivity index is 1.42. The largest absolute Gasteiger partial charge is 0.394 e. The summed E-state index contributed by atoms with van der Waals surface area (Å²) in [6.07, 6.45) is -9.99. The summed E-state index contributed by atoms with van der Waals surface area (Å²) in [6, 6.07) is 0. The Morgan fingerprint density at radius 1 is 0.844 bits per heavy atom. The number of ether oxygens (including phenoxy) is 3. The van der Waals surface area contributed by atoms with Crippen LogP contribution in [0.15, 0.2) is 0 Å². The summed E-state index contributed by atoms with van der Waals surface area (Å²) >= 11 is 0. The molecule has 2 aliphatic heterocycles. The lowest BCUT2D eigenvalue weighted by molar-refractivity contribution is -0.325. The smallest absolute Gasteiger partial charge is 0.187 e. The zero-order chi connectivity index (χ0) is 23.2. The fraction of sp³-hybridized carbons (Fsp3) is 0.952. The maximum absolute atomic E-state index is 12.8. The Bertz CT molecular complexity index is 660. The van der Waals surface area contributed by atoms with Crippen molar-refractivity contribution < 1.29 is 54.8 Å². The van der Waals surface area contributed by atoms with Gasteiger partial charge in [-0.1, -0.05) is 0 Å². The number of ketones is 1. The van der Waals surface area contributed by atoms with Crippen LogP contribution in [0.5, 0.6) is 0 Å². The summed E-state index contributed by atoms with van der Waals surface area (Å²) in [6.45, 7) is -0.593. The number of fused-ring (bicyclic) bond motifs is 1. The molecule has 2 saturated heterocycles. The van der Waals surface area contributed by atoms with Gasteiger partial charge < -0.3 is 50.0 Å². The highest BCUT2D eigenvalue weighted by Crippen LogP contribution is 2.41. The second-order valence-corrected chi connectivity index (χ2v) is 9.56.